The summed E-state index contributed by atoms with van der Waals surface area (Å²) in [5.74, 6) is 0.925. The largest absolute Gasteiger partial charge is 0.489 e. The highest BCUT2D eigenvalue weighted by molar-refractivity contribution is 5.51. The molecule has 0 amide bonds. The topological polar surface area (TPSA) is 9.23 Å². The summed E-state index contributed by atoms with van der Waals surface area (Å²) in [4.78, 5) is 0. The molecule has 102 valence electrons. The first-order valence-corrected chi connectivity index (χ1v) is 6.78. The zero-order chi connectivity index (χ0) is 14.4. The lowest BCUT2D eigenvalue weighted by atomic mass is 10.1. The van der Waals surface area contributed by atoms with Crippen LogP contribution in [0.5, 0.6) is 5.75 Å². The Labute approximate surface area is 121 Å². The van der Waals surface area contributed by atoms with Gasteiger partial charge in [0, 0.05) is 0 Å². The Kier molecular flexibility index (Phi) is 4.78. The molecule has 1 nitrogen and oxygen atoms in total. The summed E-state index contributed by atoms with van der Waals surface area (Å²) in [6.45, 7) is 10.3. The number of rotatable bonds is 6. The van der Waals surface area contributed by atoms with E-state index in [0.717, 1.165) is 23.3 Å². The third-order valence-corrected chi connectivity index (χ3v) is 3.24. The van der Waals surface area contributed by atoms with Crippen LogP contribution in [0.25, 0.3) is 6.08 Å². The SMILES string of the molecule is C=CCc1cc(C)ccc1OCc1ccccc1C=C. The van der Waals surface area contributed by atoms with Gasteiger partial charge in [0.05, 0.1) is 0 Å². The van der Waals surface area contributed by atoms with E-state index in [1.54, 1.807) is 0 Å². The average Bonchev–Trinajstić information content (AvgIpc) is 2.47. The minimum atomic E-state index is 0.551. The van der Waals surface area contributed by atoms with Gasteiger partial charge < -0.3 is 4.74 Å². The van der Waals surface area contributed by atoms with Crippen molar-refractivity contribution in [3.05, 3.63) is 84.0 Å². The first-order valence-electron chi connectivity index (χ1n) is 6.78. The fourth-order valence-corrected chi connectivity index (χ4v) is 2.18. The molecule has 2 rings (SSSR count). The van der Waals surface area contributed by atoms with Gasteiger partial charge in [-0.2, -0.15) is 0 Å². The van der Waals surface area contributed by atoms with E-state index in [1.165, 1.54) is 11.1 Å². The highest BCUT2D eigenvalue weighted by atomic mass is 16.5. The highest BCUT2D eigenvalue weighted by Crippen LogP contribution is 2.23. The monoisotopic (exact) mass is 264 g/mol. The summed E-state index contributed by atoms with van der Waals surface area (Å²) in [5, 5.41) is 0. The van der Waals surface area contributed by atoms with Crippen LogP contribution < -0.4 is 4.74 Å². The van der Waals surface area contributed by atoms with Crippen molar-refractivity contribution in [3.63, 3.8) is 0 Å². The van der Waals surface area contributed by atoms with E-state index in [2.05, 4.69) is 38.3 Å². The maximum absolute atomic E-state index is 5.98. The quantitative estimate of drug-likeness (QED) is 0.671. The van der Waals surface area contributed by atoms with Gasteiger partial charge in [-0.3, -0.25) is 0 Å². The van der Waals surface area contributed by atoms with Gasteiger partial charge in [-0.15, -0.1) is 6.58 Å². The summed E-state index contributed by atoms with van der Waals surface area (Å²) in [6.07, 6.45) is 4.58. The first kappa shape index (κ1) is 14.1. The predicted molar refractivity (Wildman–Crippen MR) is 85.9 cm³/mol. The van der Waals surface area contributed by atoms with E-state index in [4.69, 9.17) is 4.74 Å². The molecule has 0 aliphatic carbocycles. The van der Waals surface area contributed by atoms with E-state index in [1.807, 2.05) is 36.4 Å². The molecule has 0 spiro atoms. The minimum absolute atomic E-state index is 0.551. The van der Waals surface area contributed by atoms with E-state index in [9.17, 15) is 0 Å². The molecule has 0 unspecified atom stereocenters. The number of benzene rings is 2. The van der Waals surface area contributed by atoms with Crippen LogP contribution in [0.4, 0.5) is 0 Å². The molecule has 0 aliphatic rings. The third kappa shape index (κ3) is 3.39. The predicted octanol–water partition coefficient (Wildman–Crippen LogP) is 4.95. The van der Waals surface area contributed by atoms with Crippen LogP contribution in [0.3, 0.4) is 0 Å². The second-order valence-electron chi connectivity index (χ2n) is 4.80. The van der Waals surface area contributed by atoms with Crippen LogP contribution in [-0.4, -0.2) is 0 Å². The van der Waals surface area contributed by atoms with Crippen LogP contribution in [0.15, 0.2) is 61.7 Å². The van der Waals surface area contributed by atoms with Crippen LogP contribution >= 0.6 is 0 Å². The molecule has 20 heavy (non-hydrogen) atoms. The molecule has 1 heteroatoms. The Hall–Kier alpha value is -2.28. The first-order chi connectivity index (χ1) is 9.74. The summed E-state index contributed by atoms with van der Waals surface area (Å²) < 4.78 is 5.98. The second-order valence-corrected chi connectivity index (χ2v) is 4.80. The molecule has 0 saturated heterocycles. The molecule has 0 atom stereocenters. The Morgan fingerprint density at radius 3 is 2.60 bits per heavy atom. The van der Waals surface area contributed by atoms with Crippen molar-refractivity contribution in [3.8, 4) is 5.75 Å². The fraction of sp³-hybridized carbons (Fsp3) is 0.158. The van der Waals surface area contributed by atoms with Gasteiger partial charge in [0.15, 0.2) is 0 Å². The van der Waals surface area contributed by atoms with E-state index in [0.29, 0.717) is 6.61 Å². The number of allylic oxidation sites excluding steroid dienone is 1. The Morgan fingerprint density at radius 1 is 1.05 bits per heavy atom. The maximum atomic E-state index is 5.98. The van der Waals surface area contributed by atoms with Crippen molar-refractivity contribution in [1.29, 1.82) is 0 Å². The number of aryl methyl sites for hydroxylation is 1. The molecule has 0 heterocycles. The Balaban J connectivity index is 2.18. The summed E-state index contributed by atoms with van der Waals surface area (Å²) >= 11 is 0. The minimum Gasteiger partial charge on any atom is -0.489 e. The highest BCUT2D eigenvalue weighted by Gasteiger charge is 2.05. The lowest BCUT2D eigenvalue weighted by Crippen LogP contribution is -2.00. The lowest BCUT2D eigenvalue weighted by molar-refractivity contribution is 0.303. The summed E-state index contributed by atoms with van der Waals surface area (Å²) in [6, 6.07) is 14.4. The Bertz CT molecular complexity index is 611. The molecular formula is C19H20O. The van der Waals surface area contributed by atoms with E-state index >= 15 is 0 Å². The van der Waals surface area contributed by atoms with Crippen LogP contribution in [0.1, 0.15) is 22.3 Å². The van der Waals surface area contributed by atoms with Crippen LogP contribution in [-0.2, 0) is 13.0 Å². The molecule has 0 N–H and O–H groups in total. The molecule has 0 bridgehead atoms. The smallest absolute Gasteiger partial charge is 0.123 e. The number of hydrogen-bond donors (Lipinski definition) is 0. The summed E-state index contributed by atoms with van der Waals surface area (Å²) in [7, 11) is 0. The van der Waals surface area contributed by atoms with Crippen molar-refractivity contribution in [2.75, 3.05) is 0 Å². The number of hydrogen-bond acceptors (Lipinski definition) is 1. The Morgan fingerprint density at radius 2 is 1.85 bits per heavy atom. The molecule has 0 aliphatic heterocycles. The standard InChI is InChI=1S/C19H20O/c1-4-8-17-13-15(3)11-12-19(17)20-14-18-10-7-6-9-16(18)5-2/h4-7,9-13H,1-2,8,14H2,3H3. The van der Waals surface area contributed by atoms with Crippen molar-refractivity contribution >= 4 is 6.08 Å². The normalized spacial score (nSPS) is 10.1. The van der Waals surface area contributed by atoms with E-state index < -0.39 is 0 Å². The van der Waals surface area contributed by atoms with Crippen molar-refractivity contribution in [2.45, 2.75) is 20.0 Å². The summed E-state index contributed by atoms with van der Waals surface area (Å²) in [5.41, 5.74) is 4.68. The molecule has 0 radical (unpaired) electrons. The molecular weight excluding hydrogens is 244 g/mol. The van der Waals surface area contributed by atoms with Gasteiger partial charge in [-0.1, -0.05) is 60.7 Å². The fourth-order valence-electron chi connectivity index (χ4n) is 2.18. The van der Waals surface area contributed by atoms with Gasteiger partial charge in [-0.25, -0.2) is 0 Å². The van der Waals surface area contributed by atoms with Crippen molar-refractivity contribution in [1.82, 2.24) is 0 Å². The molecule has 0 saturated carbocycles. The third-order valence-electron chi connectivity index (χ3n) is 3.24. The molecule has 2 aromatic rings. The lowest BCUT2D eigenvalue weighted by Gasteiger charge is -2.12. The van der Waals surface area contributed by atoms with E-state index in [-0.39, 0.29) is 0 Å². The van der Waals surface area contributed by atoms with Crippen molar-refractivity contribution in [2.24, 2.45) is 0 Å². The van der Waals surface area contributed by atoms with Gasteiger partial charge in [-0.05, 0) is 36.1 Å². The zero-order valence-electron chi connectivity index (χ0n) is 11.9. The number of ether oxygens (including phenoxy) is 1. The average molecular weight is 264 g/mol. The van der Waals surface area contributed by atoms with Gasteiger partial charge in [0.2, 0.25) is 0 Å². The van der Waals surface area contributed by atoms with Crippen LogP contribution in [0, 0.1) is 6.92 Å². The van der Waals surface area contributed by atoms with Crippen LogP contribution in [0.2, 0.25) is 0 Å². The van der Waals surface area contributed by atoms with Gasteiger partial charge >= 0.3 is 0 Å². The van der Waals surface area contributed by atoms with Gasteiger partial charge in [0.1, 0.15) is 12.4 Å². The maximum Gasteiger partial charge on any atom is 0.123 e. The zero-order valence-corrected chi connectivity index (χ0v) is 11.9. The van der Waals surface area contributed by atoms with Gasteiger partial charge in [0.25, 0.3) is 0 Å². The molecule has 0 aromatic heterocycles. The van der Waals surface area contributed by atoms with Crippen molar-refractivity contribution < 1.29 is 4.74 Å². The molecule has 0 fully saturated rings. The molecule has 2 aromatic carbocycles. The second kappa shape index (κ2) is 6.76.